The molecule has 212 valence electrons. The van der Waals surface area contributed by atoms with Crippen LogP contribution in [0.2, 0.25) is 0 Å². The molecule has 40 heavy (non-hydrogen) atoms. The highest BCUT2D eigenvalue weighted by molar-refractivity contribution is 7.89. The molecule has 0 aliphatic carbocycles. The predicted molar refractivity (Wildman–Crippen MR) is 150 cm³/mol. The monoisotopic (exact) mass is 585 g/mol. The second-order valence-corrected chi connectivity index (χ2v) is 12.6. The lowest BCUT2D eigenvalue weighted by Crippen LogP contribution is -2.45. The Hall–Kier alpha value is -3.45. The molecule has 3 aromatic rings. The van der Waals surface area contributed by atoms with E-state index < -0.39 is 10.0 Å². The molecule has 12 heteroatoms. The highest BCUT2D eigenvalue weighted by Gasteiger charge is 2.32. The molecule has 0 radical (unpaired) electrons. The van der Waals surface area contributed by atoms with Crippen molar-refractivity contribution in [3.8, 4) is 11.5 Å². The van der Waals surface area contributed by atoms with E-state index in [0.29, 0.717) is 30.3 Å². The number of amides is 2. The Kier molecular flexibility index (Phi) is 8.69. The Balaban J connectivity index is 1.39. The summed E-state index contributed by atoms with van der Waals surface area (Å²) in [5.41, 5.74) is 1.33. The maximum Gasteiger partial charge on any atom is 0.243 e. The molecule has 1 fully saturated rings. The van der Waals surface area contributed by atoms with E-state index in [-0.39, 0.29) is 49.2 Å². The van der Waals surface area contributed by atoms with Gasteiger partial charge in [-0.05, 0) is 66.2 Å². The summed E-state index contributed by atoms with van der Waals surface area (Å²) in [6, 6.07) is 15.3. The molecule has 2 amide bonds. The third kappa shape index (κ3) is 6.81. The smallest absolute Gasteiger partial charge is 0.243 e. The van der Waals surface area contributed by atoms with E-state index in [4.69, 9.17) is 14.2 Å². The Labute approximate surface area is 237 Å². The van der Waals surface area contributed by atoms with Gasteiger partial charge in [-0.1, -0.05) is 12.1 Å². The van der Waals surface area contributed by atoms with E-state index in [1.165, 1.54) is 46.8 Å². The molecule has 2 aliphatic heterocycles. The van der Waals surface area contributed by atoms with Crippen LogP contribution in [0.25, 0.3) is 0 Å². The quantitative estimate of drug-likeness (QED) is 0.364. The van der Waals surface area contributed by atoms with E-state index in [0.717, 1.165) is 23.3 Å². The first-order chi connectivity index (χ1) is 19.3. The van der Waals surface area contributed by atoms with Gasteiger partial charge in [0.05, 0.1) is 24.1 Å². The Morgan fingerprint density at radius 2 is 1.85 bits per heavy atom. The van der Waals surface area contributed by atoms with Gasteiger partial charge in [0.1, 0.15) is 0 Å². The van der Waals surface area contributed by atoms with Crippen molar-refractivity contribution in [2.75, 3.05) is 31.8 Å². The summed E-state index contributed by atoms with van der Waals surface area (Å²) in [4.78, 5) is 27.9. The first kappa shape index (κ1) is 28.1. The lowest BCUT2D eigenvalue weighted by Gasteiger charge is -2.28. The third-order valence-electron chi connectivity index (χ3n) is 6.65. The second-order valence-electron chi connectivity index (χ2n) is 9.65. The molecule has 0 bridgehead atoms. The van der Waals surface area contributed by atoms with Crippen molar-refractivity contribution in [2.45, 2.75) is 43.9 Å². The number of rotatable bonds is 11. The number of carbonyl (C=O) groups is 2. The molecule has 1 unspecified atom stereocenters. The predicted octanol–water partition coefficient (Wildman–Crippen LogP) is 3.83. The number of nitrogens with one attached hydrogen (secondary N) is 1. The third-order valence-corrected chi connectivity index (χ3v) is 9.33. The summed E-state index contributed by atoms with van der Waals surface area (Å²) < 4.78 is 45.5. The number of thiophene rings is 1. The fraction of sp³-hybridized carbons (Fsp3) is 0.357. The first-order valence-electron chi connectivity index (χ1n) is 13.0. The summed E-state index contributed by atoms with van der Waals surface area (Å²) in [5.74, 6) is 0.682. The maximum absolute atomic E-state index is 13.8. The molecule has 1 aromatic heterocycles. The van der Waals surface area contributed by atoms with E-state index in [1.54, 1.807) is 4.90 Å². The van der Waals surface area contributed by atoms with Crippen LogP contribution in [0.1, 0.15) is 30.2 Å². The topological polar surface area (TPSA) is 114 Å². The number of hydrogen-bond donors (Lipinski definition) is 1. The minimum absolute atomic E-state index is 0.0352. The van der Waals surface area contributed by atoms with Crippen molar-refractivity contribution in [1.29, 1.82) is 0 Å². The highest BCUT2D eigenvalue weighted by Crippen LogP contribution is 2.33. The molecule has 2 aromatic carbocycles. The first-order valence-corrected chi connectivity index (χ1v) is 15.3. The van der Waals surface area contributed by atoms with Crippen molar-refractivity contribution in [3.63, 3.8) is 0 Å². The Morgan fingerprint density at radius 3 is 2.55 bits per heavy atom. The van der Waals surface area contributed by atoms with Crippen LogP contribution in [-0.2, 0) is 37.4 Å². The van der Waals surface area contributed by atoms with Gasteiger partial charge in [-0.15, -0.1) is 11.3 Å². The number of fused-ring (bicyclic) bond motifs is 1. The lowest BCUT2D eigenvalue weighted by molar-refractivity contribution is -0.132. The number of ether oxygens (including phenoxy) is 3. The SMILES string of the molecule is CC(=O)Nc1ccc(S(=O)(=O)N(CC(=O)N(Cc2ccc3c(c2)OCO3)Cc2cccs2)CC2CCCO2)cc1. The van der Waals surface area contributed by atoms with Crippen molar-refractivity contribution in [2.24, 2.45) is 0 Å². The second kappa shape index (κ2) is 12.4. The normalized spacial score (nSPS) is 16.3. The molecule has 1 atom stereocenters. The molecule has 0 spiro atoms. The number of anilines is 1. The zero-order chi connectivity index (χ0) is 28.1. The molecule has 3 heterocycles. The van der Waals surface area contributed by atoms with Crippen molar-refractivity contribution < 1.29 is 32.2 Å². The number of nitrogens with zero attached hydrogens (tertiary/aromatic N) is 2. The molecule has 10 nitrogen and oxygen atoms in total. The van der Waals surface area contributed by atoms with Crippen molar-refractivity contribution >= 4 is 38.9 Å². The minimum atomic E-state index is -4.05. The Morgan fingerprint density at radius 1 is 1.05 bits per heavy atom. The van der Waals surface area contributed by atoms with Crippen LogP contribution in [-0.4, -0.2) is 62.0 Å². The number of hydrogen-bond acceptors (Lipinski definition) is 8. The highest BCUT2D eigenvalue weighted by atomic mass is 32.2. The number of carbonyl (C=O) groups excluding carboxylic acids is 2. The van der Waals surface area contributed by atoms with Crippen LogP contribution in [0, 0.1) is 0 Å². The van der Waals surface area contributed by atoms with Gasteiger partial charge in [0.15, 0.2) is 11.5 Å². The summed E-state index contributed by atoms with van der Waals surface area (Å²) in [5, 5.41) is 4.58. The van der Waals surface area contributed by atoms with Gasteiger partial charge in [-0.25, -0.2) is 8.42 Å². The molecule has 1 saturated heterocycles. The van der Waals surface area contributed by atoms with Crippen molar-refractivity contribution in [1.82, 2.24) is 9.21 Å². The minimum Gasteiger partial charge on any atom is -0.454 e. The molecule has 1 N–H and O–H groups in total. The van der Waals surface area contributed by atoms with Gasteiger partial charge in [0.25, 0.3) is 0 Å². The standard InChI is InChI=1S/C28H31N3O7S2/c1-20(32)29-22-7-9-25(10-8-22)40(34,35)31(16-23-4-2-12-36-23)18-28(33)30(17-24-5-3-13-39-24)15-21-6-11-26-27(14-21)38-19-37-26/h3,5-11,13-14,23H,2,4,12,15-19H2,1H3,(H,29,32). The van der Waals surface area contributed by atoms with Crippen LogP contribution < -0.4 is 14.8 Å². The van der Waals surface area contributed by atoms with E-state index in [9.17, 15) is 18.0 Å². The van der Waals surface area contributed by atoms with Gasteiger partial charge in [-0.2, -0.15) is 4.31 Å². The average molecular weight is 586 g/mol. The van der Waals surface area contributed by atoms with E-state index >= 15 is 0 Å². The van der Waals surface area contributed by atoms with Gasteiger partial charge < -0.3 is 24.4 Å². The van der Waals surface area contributed by atoms with Crippen LogP contribution in [0.15, 0.2) is 64.9 Å². The summed E-state index contributed by atoms with van der Waals surface area (Å²) in [6.45, 7) is 2.43. The summed E-state index contributed by atoms with van der Waals surface area (Å²) >= 11 is 1.53. The van der Waals surface area contributed by atoms with Gasteiger partial charge >= 0.3 is 0 Å². The lowest BCUT2D eigenvalue weighted by atomic mass is 10.2. The molecular formula is C28H31N3O7S2. The Bertz CT molecular complexity index is 1440. The van der Waals surface area contributed by atoms with Crippen LogP contribution in [0.4, 0.5) is 5.69 Å². The number of sulfonamides is 1. The summed E-state index contributed by atoms with van der Waals surface area (Å²) in [6.07, 6.45) is 1.27. The van der Waals surface area contributed by atoms with E-state index in [2.05, 4.69) is 5.32 Å². The molecule has 2 aliphatic rings. The largest absolute Gasteiger partial charge is 0.454 e. The average Bonchev–Trinajstić information content (AvgIpc) is 3.71. The zero-order valence-corrected chi connectivity index (χ0v) is 23.7. The molecule has 0 saturated carbocycles. The fourth-order valence-electron chi connectivity index (χ4n) is 4.66. The van der Waals surface area contributed by atoms with E-state index in [1.807, 2.05) is 35.7 Å². The zero-order valence-electron chi connectivity index (χ0n) is 22.1. The van der Waals surface area contributed by atoms with Gasteiger partial charge in [-0.3, -0.25) is 9.59 Å². The van der Waals surface area contributed by atoms with Crippen LogP contribution in [0.5, 0.6) is 11.5 Å². The number of benzene rings is 2. The van der Waals surface area contributed by atoms with Crippen LogP contribution >= 0.6 is 11.3 Å². The van der Waals surface area contributed by atoms with Crippen LogP contribution in [0.3, 0.4) is 0 Å². The summed E-state index contributed by atoms with van der Waals surface area (Å²) in [7, 11) is -4.05. The van der Waals surface area contributed by atoms with Gasteiger partial charge in [0, 0.05) is 37.2 Å². The molecular weight excluding hydrogens is 554 g/mol. The molecule has 5 rings (SSSR count). The maximum atomic E-state index is 13.8. The fourth-order valence-corrected chi connectivity index (χ4v) is 6.80. The van der Waals surface area contributed by atoms with Crippen molar-refractivity contribution in [3.05, 3.63) is 70.4 Å². The van der Waals surface area contributed by atoms with Gasteiger partial charge in [0.2, 0.25) is 28.6 Å².